The summed E-state index contributed by atoms with van der Waals surface area (Å²) in [6, 6.07) is 7.54. The van der Waals surface area contributed by atoms with Gasteiger partial charge in [0.05, 0.1) is 6.61 Å². The first-order chi connectivity index (χ1) is 9.60. The maximum atomic E-state index is 5.38. The van der Waals surface area contributed by atoms with Gasteiger partial charge in [-0.05, 0) is 62.5 Å². The number of nitrogens with one attached hydrogen (secondary N) is 3. The molecule has 0 atom stereocenters. The molecule has 6 nitrogen and oxygen atoms in total. The minimum Gasteiger partial charge on any atom is -0.494 e. The first kappa shape index (κ1) is 14.5. The Morgan fingerprint density at radius 3 is 2.65 bits per heavy atom. The van der Waals surface area contributed by atoms with Crippen molar-refractivity contribution in [2.24, 2.45) is 0 Å². The monoisotopic (exact) mass is 309 g/mol. The van der Waals surface area contributed by atoms with Crippen molar-refractivity contribution in [3.63, 3.8) is 0 Å². The molecule has 0 unspecified atom stereocenters. The Kier molecular flexibility index (Phi) is 4.70. The van der Waals surface area contributed by atoms with Gasteiger partial charge in [-0.15, -0.1) is 0 Å². The zero-order valence-corrected chi connectivity index (χ0v) is 12.8. The van der Waals surface area contributed by atoms with E-state index in [0.29, 0.717) is 22.3 Å². The van der Waals surface area contributed by atoms with Gasteiger partial charge in [0.2, 0.25) is 4.77 Å². The van der Waals surface area contributed by atoms with Crippen molar-refractivity contribution in [3.05, 3.63) is 34.9 Å². The Morgan fingerprint density at radius 2 is 2.10 bits per heavy atom. The smallest absolute Gasteiger partial charge is 0.214 e. The van der Waals surface area contributed by atoms with E-state index in [4.69, 9.17) is 29.2 Å². The topological polar surface area (TPSA) is 66.9 Å². The molecule has 0 saturated heterocycles. The number of aryl methyl sites for hydroxylation is 1. The largest absolute Gasteiger partial charge is 0.494 e. The van der Waals surface area contributed by atoms with Gasteiger partial charge >= 0.3 is 0 Å². The molecular formula is C12H15N5OS2. The summed E-state index contributed by atoms with van der Waals surface area (Å²) in [5.74, 6) is 1.52. The van der Waals surface area contributed by atoms with Gasteiger partial charge in [0.1, 0.15) is 11.6 Å². The fourth-order valence-corrected chi connectivity index (χ4v) is 2.00. The van der Waals surface area contributed by atoms with Crippen LogP contribution < -0.4 is 15.5 Å². The molecule has 0 aliphatic carbocycles. The summed E-state index contributed by atoms with van der Waals surface area (Å²) in [4.78, 5) is 0. The molecular weight excluding hydrogens is 294 g/mol. The van der Waals surface area contributed by atoms with Crippen LogP contribution in [0.25, 0.3) is 0 Å². The summed E-state index contributed by atoms with van der Waals surface area (Å²) in [5, 5.41) is 10.2. The molecule has 0 spiro atoms. The predicted octanol–water partition coefficient (Wildman–Crippen LogP) is 2.59. The highest BCUT2D eigenvalue weighted by atomic mass is 32.1. The van der Waals surface area contributed by atoms with Crippen LogP contribution in [0.5, 0.6) is 5.75 Å². The average Bonchev–Trinajstić information content (AvgIpc) is 2.73. The van der Waals surface area contributed by atoms with Gasteiger partial charge in [0, 0.05) is 5.69 Å². The number of ether oxygens (including phenoxy) is 1. The molecule has 106 valence electrons. The Labute approximate surface area is 127 Å². The number of H-pyrrole nitrogens is 1. The lowest BCUT2D eigenvalue weighted by Crippen LogP contribution is -2.28. The number of benzene rings is 1. The molecule has 0 amide bonds. The Balaban J connectivity index is 1.99. The predicted molar refractivity (Wildman–Crippen MR) is 85.3 cm³/mol. The fourth-order valence-electron chi connectivity index (χ4n) is 1.57. The molecule has 3 N–H and O–H groups in total. The summed E-state index contributed by atoms with van der Waals surface area (Å²) < 4.78 is 7.43. The Bertz CT molecular complexity index is 647. The first-order valence-corrected chi connectivity index (χ1v) is 6.86. The summed E-state index contributed by atoms with van der Waals surface area (Å²) in [6.07, 6.45) is 0. The third-order valence-electron chi connectivity index (χ3n) is 2.48. The third kappa shape index (κ3) is 3.55. The zero-order valence-electron chi connectivity index (χ0n) is 11.1. The standard InChI is InChI=1S/C12H15N5OS2/c1-3-18-10-6-4-9(5-7-10)13-11(19)16-17-8(2)14-15-12(17)20/h4-7H,3H2,1-2H3,(H,15,20)(H2,13,16,19). The van der Waals surface area contributed by atoms with Crippen molar-refractivity contribution >= 4 is 35.2 Å². The molecule has 2 rings (SSSR count). The van der Waals surface area contributed by atoms with Gasteiger partial charge in [-0.3, -0.25) is 10.5 Å². The average molecular weight is 309 g/mol. The molecule has 8 heteroatoms. The molecule has 0 aliphatic rings. The van der Waals surface area contributed by atoms with Crippen LogP contribution in [0.15, 0.2) is 24.3 Å². The quantitative estimate of drug-likeness (QED) is 0.754. The molecule has 20 heavy (non-hydrogen) atoms. The highest BCUT2D eigenvalue weighted by molar-refractivity contribution is 7.80. The van der Waals surface area contributed by atoms with Crippen molar-refractivity contribution in [3.8, 4) is 5.75 Å². The van der Waals surface area contributed by atoms with E-state index in [1.165, 1.54) is 0 Å². The van der Waals surface area contributed by atoms with Gasteiger partial charge in [0.25, 0.3) is 0 Å². The van der Waals surface area contributed by atoms with E-state index in [1.807, 2.05) is 38.1 Å². The molecule has 2 aromatic rings. The number of thiocarbonyl (C=S) groups is 1. The van der Waals surface area contributed by atoms with Crippen LogP contribution >= 0.6 is 24.4 Å². The van der Waals surface area contributed by atoms with Crippen molar-refractivity contribution in [2.45, 2.75) is 13.8 Å². The second-order valence-corrected chi connectivity index (χ2v) is 4.73. The van der Waals surface area contributed by atoms with Crippen molar-refractivity contribution < 1.29 is 4.74 Å². The van der Waals surface area contributed by atoms with Crippen LogP contribution in [0.2, 0.25) is 0 Å². The molecule has 0 aliphatic heterocycles. The third-order valence-corrected chi connectivity index (χ3v) is 2.94. The number of hydrogen-bond donors (Lipinski definition) is 3. The Hall–Kier alpha value is -1.93. The highest BCUT2D eigenvalue weighted by Crippen LogP contribution is 2.15. The van der Waals surface area contributed by atoms with Crippen LogP contribution in [0, 0.1) is 11.7 Å². The maximum Gasteiger partial charge on any atom is 0.214 e. The van der Waals surface area contributed by atoms with Gasteiger partial charge < -0.3 is 10.1 Å². The number of rotatable bonds is 4. The second-order valence-electron chi connectivity index (χ2n) is 3.93. The number of anilines is 1. The molecule has 0 radical (unpaired) electrons. The van der Waals surface area contributed by atoms with E-state index < -0.39 is 0 Å². The van der Waals surface area contributed by atoms with Gasteiger partial charge in [-0.25, -0.2) is 4.68 Å². The summed E-state index contributed by atoms with van der Waals surface area (Å²) in [7, 11) is 0. The zero-order chi connectivity index (χ0) is 14.5. The molecule has 1 heterocycles. The van der Waals surface area contributed by atoms with Gasteiger partial charge in [0.15, 0.2) is 5.11 Å². The molecule has 0 bridgehead atoms. The van der Waals surface area contributed by atoms with Crippen LogP contribution in [0.1, 0.15) is 12.7 Å². The summed E-state index contributed by atoms with van der Waals surface area (Å²) in [6.45, 7) is 4.41. The lowest BCUT2D eigenvalue weighted by molar-refractivity contribution is 0.340. The summed E-state index contributed by atoms with van der Waals surface area (Å²) >= 11 is 10.3. The first-order valence-electron chi connectivity index (χ1n) is 6.05. The van der Waals surface area contributed by atoms with Gasteiger partial charge in [-0.2, -0.15) is 5.10 Å². The van der Waals surface area contributed by atoms with Crippen LogP contribution in [0.3, 0.4) is 0 Å². The lowest BCUT2D eigenvalue weighted by atomic mass is 10.3. The van der Waals surface area contributed by atoms with E-state index >= 15 is 0 Å². The minimum absolute atomic E-state index is 0.426. The van der Waals surface area contributed by atoms with Crippen molar-refractivity contribution in [2.75, 3.05) is 17.3 Å². The molecule has 1 aromatic heterocycles. The molecule has 0 fully saturated rings. The lowest BCUT2D eigenvalue weighted by Gasteiger charge is -2.12. The fraction of sp³-hybridized carbons (Fsp3) is 0.250. The van der Waals surface area contributed by atoms with Crippen LogP contribution in [-0.4, -0.2) is 26.6 Å². The summed E-state index contributed by atoms with van der Waals surface area (Å²) in [5.41, 5.74) is 3.81. The van der Waals surface area contributed by atoms with E-state index in [0.717, 1.165) is 11.4 Å². The highest BCUT2D eigenvalue weighted by Gasteiger charge is 2.03. The minimum atomic E-state index is 0.426. The normalized spacial score (nSPS) is 10.1. The van der Waals surface area contributed by atoms with E-state index in [9.17, 15) is 0 Å². The number of aromatic amines is 1. The van der Waals surface area contributed by atoms with Gasteiger partial charge in [-0.1, -0.05) is 0 Å². The second kappa shape index (κ2) is 6.49. The van der Waals surface area contributed by atoms with Crippen molar-refractivity contribution in [1.82, 2.24) is 14.9 Å². The molecule has 0 saturated carbocycles. The number of hydrogen-bond acceptors (Lipinski definition) is 4. The maximum absolute atomic E-state index is 5.38. The Morgan fingerprint density at radius 1 is 1.40 bits per heavy atom. The SMILES string of the molecule is CCOc1ccc(NC(=S)Nn2c(C)n[nH]c2=S)cc1. The number of aromatic nitrogens is 3. The van der Waals surface area contributed by atoms with Crippen LogP contribution in [0.4, 0.5) is 5.69 Å². The molecule has 1 aromatic carbocycles. The van der Waals surface area contributed by atoms with E-state index in [-0.39, 0.29) is 0 Å². The van der Waals surface area contributed by atoms with Crippen LogP contribution in [-0.2, 0) is 0 Å². The van der Waals surface area contributed by atoms with Crippen molar-refractivity contribution in [1.29, 1.82) is 0 Å². The van der Waals surface area contributed by atoms with E-state index in [1.54, 1.807) is 4.68 Å². The van der Waals surface area contributed by atoms with E-state index in [2.05, 4.69) is 20.9 Å². The number of nitrogens with zero attached hydrogens (tertiary/aromatic N) is 2.